The number of aliphatic hydroxyl groups is 1. The van der Waals surface area contributed by atoms with Gasteiger partial charge in [0, 0.05) is 39.5 Å². The molecule has 4 rings (SSSR count). The maximum absolute atomic E-state index is 13.7. The van der Waals surface area contributed by atoms with Crippen molar-refractivity contribution in [1.82, 2.24) is 0 Å². The first-order valence-electron chi connectivity index (χ1n) is 15.6. The highest BCUT2D eigenvalue weighted by molar-refractivity contribution is 6.19. The third-order valence-electron chi connectivity index (χ3n) is 9.52. The normalized spacial score (nSPS) is 40.5. The van der Waals surface area contributed by atoms with Gasteiger partial charge in [0.15, 0.2) is 30.0 Å². The molecule has 2 saturated heterocycles. The first-order chi connectivity index (χ1) is 22.1. The van der Waals surface area contributed by atoms with Crippen LogP contribution >= 0.6 is 11.6 Å². The van der Waals surface area contributed by atoms with E-state index in [1.807, 2.05) is 0 Å². The molecule has 11 atom stereocenters. The van der Waals surface area contributed by atoms with Gasteiger partial charge in [-0.1, -0.05) is 13.0 Å². The third kappa shape index (κ3) is 6.46. The molecule has 3 fully saturated rings. The molecule has 0 radical (unpaired) electrons. The lowest BCUT2D eigenvalue weighted by atomic mass is 9.51. The summed E-state index contributed by atoms with van der Waals surface area (Å²) in [5.74, 6) is -7.81. The molecule has 2 aliphatic heterocycles. The number of alkyl halides is 1. The zero-order valence-corrected chi connectivity index (χ0v) is 29.2. The molecule has 0 aromatic rings. The Morgan fingerprint density at radius 2 is 1.46 bits per heavy atom. The lowest BCUT2D eigenvalue weighted by Gasteiger charge is -2.59. The Morgan fingerprint density at radius 3 is 1.94 bits per heavy atom. The second-order valence-electron chi connectivity index (χ2n) is 14.0. The van der Waals surface area contributed by atoms with Crippen molar-refractivity contribution in [2.75, 3.05) is 12.5 Å². The average molecular weight is 699 g/mol. The smallest absolute Gasteiger partial charge is 0.312 e. The van der Waals surface area contributed by atoms with E-state index in [1.165, 1.54) is 32.1 Å². The molecule has 15 heteroatoms. The number of esters is 6. The summed E-state index contributed by atoms with van der Waals surface area (Å²) in [6.45, 7) is 11.9. The van der Waals surface area contributed by atoms with Crippen molar-refractivity contribution < 1.29 is 67.0 Å². The molecule has 0 amide bonds. The van der Waals surface area contributed by atoms with Gasteiger partial charge < -0.3 is 38.3 Å². The minimum absolute atomic E-state index is 0.153. The SMILES string of the molecule is CC(=O)O[C@H]1[C@@H](OC(C)=O)[C@]2(CO2)[C@@H]2[C@H](OC(C)=O)[C@@]3(O)[C@H](/C=C(CCl)\C=C/[C@H](OC(C)=O)[C@@]2(C)[C@H]1OC(=O)C(C)(C)C)OC(=O)[C@@H]3C. The number of carbonyl (C=O) groups is 6. The molecule has 48 heavy (non-hydrogen) atoms. The standard InChI is InChI=1S/C33H43ClO14/c1-15-28(39)47-22-12-20(13-34)10-11-21(43-16(2)35)31(9)24(27(33(15,22)41)46-19(5)38)32(14-42-32)26(45-18(4)37)23(44-17(3)36)25(31)48-29(40)30(6,7)8/h10-12,15,21-27,41H,13-14H2,1-9H3/b11-10-,20-12+/t15-,21-,22-,23+,24+,25-,26+,27-,31+,32-,33-/m0/s1. The van der Waals surface area contributed by atoms with Crippen molar-refractivity contribution in [2.45, 2.75) is 110 Å². The number of ether oxygens (including phenoxy) is 7. The summed E-state index contributed by atoms with van der Waals surface area (Å²) in [6.07, 6.45) is -4.92. The molecule has 14 nitrogen and oxygen atoms in total. The highest BCUT2D eigenvalue weighted by Gasteiger charge is 2.81. The molecular formula is C33H43ClO14. The van der Waals surface area contributed by atoms with Crippen molar-refractivity contribution >= 4 is 47.4 Å². The second kappa shape index (κ2) is 13.1. The van der Waals surface area contributed by atoms with Crippen molar-refractivity contribution in [2.24, 2.45) is 22.7 Å². The molecule has 0 unspecified atom stereocenters. The summed E-state index contributed by atoms with van der Waals surface area (Å²) in [6, 6.07) is 0. The minimum atomic E-state index is -2.34. The number of epoxide rings is 1. The predicted octanol–water partition coefficient (Wildman–Crippen LogP) is 2.10. The number of hydrogen-bond acceptors (Lipinski definition) is 14. The maximum Gasteiger partial charge on any atom is 0.312 e. The Kier molecular flexibility index (Phi) is 10.2. The quantitative estimate of drug-likeness (QED) is 0.184. The van der Waals surface area contributed by atoms with Gasteiger partial charge in [0.25, 0.3) is 0 Å². The third-order valence-corrected chi connectivity index (χ3v) is 9.82. The zero-order chi connectivity index (χ0) is 36.1. The van der Waals surface area contributed by atoms with Crippen LogP contribution in [0, 0.1) is 22.7 Å². The first-order valence-corrected chi connectivity index (χ1v) is 16.1. The van der Waals surface area contributed by atoms with Gasteiger partial charge in [0.1, 0.15) is 17.8 Å². The Labute approximate surface area is 283 Å². The van der Waals surface area contributed by atoms with E-state index >= 15 is 0 Å². The molecule has 0 aromatic carbocycles. The highest BCUT2D eigenvalue weighted by atomic mass is 35.5. The Bertz CT molecular complexity index is 1430. The summed E-state index contributed by atoms with van der Waals surface area (Å²) in [4.78, 5) is 78.0. The largest absolute Gasteiger partial charge is 0.459 e. The van der Waals surface area contributed by atoms with Gasteiger partial charge in [-0.15, -0.1) is 11.6 Å². The van der Waals surface area contributed by atoms with Gasteiger partial charge in [-0.3, -0.25) is 28.8 Å². The van der Waals surface area contributed by atoms with E-state index in [-0.39, 0.29) is 12.5 Å². The number of rotatable bonds is 6. The van der Waals surface area contributed by atoms with E-state index in [9.17, 15) is 33.9 Å². The van der Waals surface area contributed by atoms with Crippen LogP contribution in [0.25, 0.3) is 0 Å². The fraction of sp³-hybridized carbons (Fsp3) is 0.697. The molecule has 1 spiro atoms. The van der Waals surface area contributed by atoms with Gasteiger partial charge in [-0.2, -0.15) is 0 Å². The van der Waals surface area contributed by atoms with Crippen molar-refractivity contribution in [1.29, 1.82) is 0 Å². The molecule has 4 aliphatic rings. The van der Waals surface area contributed by atoms with Crippen molar-refractivity contribution in [3.8, 4) is 0 Å². The summed E-state index contributed by atoms with van der Waals surface area (Å²) in [7, 11) is 0. The number of hydrogen-bond donors (Lipinski definition) is 1. The number of allylic oxidation sites excluding steroid dienone is 2. The van der Waals surface area contributed by atoms with Crippen LogP contribution in [0.15, 0.2) is 23.8 Å². The van der Waals surface area contributed by atoms with Gasteiger partial charge in [0.2, 0.25) is 0 Å². The zero-order valence-electron chi connectivity index (χ0n) is 28.4. The van der Waals surface area contributed by atoms with E-state index in [2.05, 4.69) is 0 Å². The fourth-order valence-corrected chi connectivity index (χ4v) is 7.39. The molecule has 2 heterocycles. The lowest BCUT2D eigenvalue weighted by Crippen LogP contribution is -2.76. The van der Waals surface area contributed by atoms with Gasteiger partial charge >= 0.3 is 35.8 Å². The van der Waals surface area contributed by atoms with Crippen LogP contribution < -0.4 is 0 Å². The summed E-state index contributed by atoms with van der Waals surface area (Å²) < 4.78 is 41.4. The van der Waals surface area contributed by atoms with Crippen molar-refractivity contribution in [3.05, 3.63) is 23.8 Å². The van der Waals surface area contributed by atoms with Gasteiger partial charge in [0.05, 0.1) is 23.4 Å². The van der Waals surface area contributed by atoms with Crippen LogP contribution in [-0.4, -0.2) is 101 Å². The number of fused-ring (bicyclic) bond motifs is 3. The van der Waals surface area contributed by atoms with E-state index < -0.39 is 106 Å². The second-order valence-corrected chi connectivity index (χ2v) is 14.3. The molecule has 2 aliphatic carbocycles. The Morgan fingerprint density at radius 1 is 0.917 bits per heavy atom. The highest BCUT2D eigenvalue weighted by Crippen LogP contribution is 2.63. The van der Waals surface area contributed by atoms with Crippen molar-refractivity contribution in [3.63, 3.8) is 0 Å². The number of halogens is 1. The minimum Gasteiger partial charge on any atom is -0.459 e. The lowest BCUT2D eigenvalue weighted by molar-refractivity contribution is -0.280. The Hall–Kier alpha value is -3.49. The number of carbonyl (C=O) groups excluding carboxylic acids is 6. The van der Waals surface area contributed by atoms with E-state index in [0.29, 0.717) is 5.57 Å². The van der Waals surface area contributed by atoms with Crippen LogP contribution in [0.5, 0.6) is 0 Å². The summed E-state index contributed by atoms with van der Waals surface area (Å²) >= 11 is 6.28. The topological polar surface area (TPSA) is 191 Å². The molecule has 1 saturated carbocycles. The summed E-state index contributed by atoms with van der Waals surface area (Å²) in [5.41, 5.74) is -6.71. The monoisotopic (exact) mass is 698 g/mol. The van der Waals surface area contributed by atoms with E-state index in [4.69, 9.17) is 44.8 Å². The molecule has 0 aromatic heterocycles. The van der Waals surface area contributed by atoms with Crippen LogP contribution in [0.3, 0.4) is 0 Å². The van der Waals surface area contributed by atoms with Crippen LogP contribution in [0.1, 0.15) is 62.3 Å². The summed E-state index contributed by atoms with van der Waals surface area (Å²) in [5, 5.41) is 12.8. The first kappa shape index (κ1) is 37.3. The average Bonchev–Trinajstić information content (AvgIpc) is 3.71. The molecule has 0 bridgehead atoms. The molecule has 266 valence electrons. The van der Waals surface area contributed by atoms with Gasteiger partial charge in [-0.25, -0.2) is 0 Å². The van der Waals surface area contributed by atoms with E-state index in [1.54, 1.807) is 20.8 Å². The fourth-order valence-electron chi connectivity index (χ4n) is 7.21. The predicted molar refractivity (Wildman–Crippen MR) is 164 cm³/mol. The van der Waals surface area contributed by atoms with Crippen LogP contribution in [0.4, 0.5) is 0 Å². The maximum atomic E-state index is 13.7. The molecular weight excluding hydrogens is 656 g/mol. The van der Waals surface area contributed by atoms with Crippen LogP contribution in [-0.2, 0) is 61.9 Å². The van der Waals surface area contributed by atoms with Crippen LogP contribution in [0.2, 0.25) is 0 Å². The molecule has 1 N–H and O–H groups in total. The van der Waals surface area contributed by atoms with E-state index in [0.717, 1.165) is 27.7 Å². The Balaban J connectivity index is 2.19. The van der Waals surface area contributed by atoms with Gasteiger partial charge in [-0.05, 0) is 45.4 Å².